The second-order valence-electron chi connectivity index (χ2n) is 4.40. The van der Waals surface area contributed by atoms with Crippen LogP contribution < -0.4 is 0 Å². The Morgan fingerprint density at radius 3 is 3.14 bits per heavy atom. The van der Waals surface area contributed by atoms with Gasteiger partial charge in [0.05, 0.1) is 22.7 Å². The van der Waals surface area contributed by atoms with Crippen LogP contribution in [0.15, 0.2) is 10.9 Å². The molecule has 1 aromatic rings. The Hall–Kier alpha value is -0.880. The Kier molecular flexibility index (Phi) is 2.56. The van der Waals surface area contributed by atoms with Gasteiger partial charge in [0, 0.05) is 11.8 Å². The average Bonchev–Trinajstić information content (AvgIpc) is 2.77. The molecule has 0 radical (unpaired) electrons. The number of hydrogen-bond acceptors (Lipinski definition) is 3. The second-order valence-corrected chi connectivity index (χ2v) is 5.12. The Bertz CT molecular complexity index is 339. The van der Waals surface area contributed by atoms with E-state index in [9.17, 15) is 5.26 Å². The van der Waals surface area contributed by atoms with Crippen molar-refractivity contribution in [3.05, 3.63) is 16.6 Å². The molecule has 0 aliphatic heterocycles. The van der Waals surface area contributed by atoms with E-state index < -0.39 is 0 Å². The van der Waals surface area contributed by atoms with Crippen LogP contribution in [0.3, 0.4) is 0 Å². The lowest BCUT2D eigenvalue weighted by molar-refractivity contribution is 0.388. The highest BCUT2D eigenvalue weighted by Gasteiger charge is 2.38. The Labute approximate surface area is 88.6 Å². The van der Waals surface area contributed by atoms with Crippen LogP contribution in [-0.4, -0.2) is 4.98 Å². The molecule has 1 aliphatic carbocycles. The zero-order chi connectivity index (χ0) is 10.0. The first-order chi connectivity index (χ1) is 6.74. The summed E-state index contributed by atoms with van der Waals surface area (Å²) in [6, 6.07) is 2.51. The van der Waals surface area contributed by atoms with Crippen LogP contribution in [0, 0.1) is 22.7 Å². The third-order valence-corrected chi connectivity index (χ3v) is 3.73. The maximum absolute atomic E-state index is 9.26. The monoisotopic (exact) mass is 206 g/mol. The maximum Gasteiger partial charge on any atom is 0.0794 e. The number of hydrogen-bond donors (Lipinski definition) is 0. The van der Waals surface area contributed by atoms with E-state index in [1.54, 1.807) is 11.3 Å². The molecule has 2 nitrogen and oxygen atoms in total. The van der Waals surface area contributed by atoms with E-state index in [0.29, 0.717) is 5.92 Å². The Balaban J connectivity index is 2.12. The summed E-state index contributed by atoms with van der Waals surface area (Å²) in [5, 5.41) is 11.3. The first-order valence-electron chi connectivity index (χ1n) is 5.02. The minimum atomic E-state index is -0.118. The SMILES string of the molecule is CC1CCC(C#N)(Cc2cscn2)C1. The van der Waals surface area contributed by atoms with Crippen molar-refractivity contribution in [2.24, 2.45) is 11.3 Å². The normalized spacial score (nSPS) is 31.6. The fourth-order valence-electron chi connectivity index (χ4n) is 2.37. The molecule has 1 heterocycles. The van der Waals surface area contributed by atoms with E-state index in [0.717, 1.165) is 25.0 Å². The quantitative estimate of drug-likeness (QED) is 0.745. The zero-order valence-electron chi connectivity index (χ0n) is 8.36. The third-order valence-electron chi connectivity index (χ3n) is 3.10. The molecule has 1 aromatic heterocycles. The molecule has 74 valence electrons. The molecular formula is C11H14N2S. The second kappa shape index (κ2) is 3.70. The van der Waals surface area contributed by atoms with Gasteiger partial charge in [0.25, 0.3) is 0 Å². The van der Waals surface area contributed by atoms with E-state index in [4.69, 9.17) is 0 Å². The summed E-state index contributed by atoms with van der Waals surface area (Å²) in [5.41, 5.74) is 2.82. The summed E-state index contributed by atoms with van der Waals surface area (Å²) in [6.45, 7) is 2.24. The Morgan fingerprint density at radius 2 is 2.64 bits per heavy atom. The first kappa shape index (κ1) is 9.67. The van der Waals surface area contributed by atoms with E-state index in [1.807, 2.05) is 5.51 Å². The van der Waals surface area contributed by atoms with Crippen molar-refractivity contribution in [1.82, 2.24) is 4.98 Å². The van der Waals surface area contributed by atoms with Gasteiger partial charge >= 0.3 is 0 Å². The molecule has 0 aromatic carbocycles. The van der Waals surface area contributed by atoms with Gasteiger partial charge in [-0.2, -0.15) is 5.26 Å². The van der Waals surface area contributed by atoms with Gasteiger partial charge in [0.1, 0.15) is 0 Å². The summed E-state index contributed by atoms with van der Waals surface area (Å²) >= 11 is 1.61. The predicted molar refractivity (Wildman–Crippen MR) is 56.9 cm³/mol. The molecule has 0 saturated heterocycles. The number of aromatic nitrogens is 1. The van der Waals surface area contributed by atoms with E-state index in [2.05, 4.69) is 23.4 Å². The van der Waals surface area contributed by atoms with Crippen molar-refractivity contribution in [2.75, 3.05) is 0 Å². The summed E-state index contributed by atoms with van der Waals surface area (Å²) < 4.78 is 0. The molecule has 14 heavy (non-hydrogen) atoms. The highest BCUT2D eigenvalue weighted by Crippen LogP contribution is 2.43. The number of nitriles is 1. The van der Waals surface area contributed by atoms with Crippen LogP contribution in [0.2, 0.25) is 0 Å². The Morgan fingerprint density at radius 1 is 1.79 bits per heavy atom. The smallest absolute Gasteiger partial charge is 0.0794 e. The molecule has 1 aliphatic rings. The van der Waals surface area contributed by atoms with E-state index in [1.165, 1.54) is 6.42 Å². The van der Waals surface area contributed by atoms with Gasteiger partial charge in [0.15, 0.2) is 0 Å². The molecule has 0 spiro atoms. The molecule has 3 heteroatoms. The lowest BCUT2D eigenvalue weighted by atomic mass is 9.83. The number of thiazole rings is 1. The van der Waals surface area contributed by atoms with Crippen molar-refractivity contribution >= 4 is 11.3 Å². The van der Waals surface area contributed by atoms with E-state index >= 15 is 0 Å². The largest absolute Gasteiger partial charge is 0.250 e. The van der Waals surface area contributed by atoms with E-state index in [-0.39, 0.29) is 5.41 Å². The number of rotatable bonds is 2. The minimum absolute atomic E-state index is 0.118. The molecular weight excluding hydrogens is 192 g/mol. The van der Waals surface area contributed by atoms with Gasteiger partial charge in [-0.15, -0.1) is 11.3 Å². The van der Waals surface area contributed by atoms with Crippen LogP contribution in [0.5, 0.6) is 0 Å². The van der Waals surface area contributed by atoms with Crippen LogP contribution >= 0.6 is 11.3 Å². The van der Waals surface area contributed by atoms with Crippen molar-refractivity contribution in [1.29, 1.82) is 5.26 Å². The average molecular weight is 206 g/mol. The summed E-state index contributed by atoms with van der Waals surface area (Å²) in [7, 11) is 0. The van der Waals surface area contributed by atoms with Gasteiger partial charge in [0.2, 0.25) is 0 Å². The highest BCUT2D eigenvalue weighted by molar-refractivity contribution is 7.07. The minimum Gasteiger partial charge on any atom is -0.250 e. The summed E-state index contributed by atoms with van der Waals surface area (Å²) in [5.74, 6) is 0.702. The molecule has 1 saturated carbocycles. The topological polar surface area (TPSA) is 36.7 Å². The fraction of sp³-hybridized carbons (Fsp3) is 0.636. The standard InChI is InChI=1S/C11H14N2S/c1-9-2-3-11(4-9,7-12)5-10-6-14-8-13-10/h6,8-9H,2-5H2,1H3. The fourth-order valence-corrected chi connectivity index (χ4v) is 2.93. The van der Waals surface area contributed by atoms with Crippen molar-refractivity contribution in [2.45, 2.75) is 32.6 Å². The lowest BCUT2D eigenvalue weighted by Crippen LogP contribution is -2.17. The molecule has 0 bridgehead atoms. The molecule has 0 amide bonds. The van der Waals surface area contributed by atoms with Gasteiger partial charge in [-0.3, -0.25) is 0 Å². The van der Waals surface area contributed by atoms with Gasteiger partial charge < -0.3 is 0 Å². The summed E-state index contributed by atoms with van der Waals surface area (Å²) in [6.07, 6.45) is 4.12. The zero-order valence-corrected chi connectivity index (χ0v) is 9.18. The first-order valence-corrected chi connectivity index (χ1v) is 5.97. The van der Waals surface area contributed by atoms with Crippen molar-refractivity contribution in [3.8, 4) is 6.07 Å². The van der Waals surface area contributed by atoms with Crippen LogP contribution in [-0.2, 0) is 6.42 Å². The third kappa shape index (κ3) is 1.80. The highest BCUT2D eigenvalue weighted by atomic mass is 32.1. The van der Waals surface area contributed by atoms with Crippen LogP contribution in [0.25, 0.3) is 0 Å². The molecule has 2 rings (SSSR count). The van der Waals surface area contributed by atoms with Gasteiger partial charge in [-0.1, -0.05) is 6.92 Å². The van der Waals surface area contributed by atoms with Crippen LogP contribution in [0.4, 0.5) is 0 Å². The molecule has 2 unspecified atom stereocenters. The molecule has 1 fully saturated rings. The van der Waals surface area contributed by atoms with Gasteiger partial charge in [-0.25, -0.2) is 4.98 Å². The maximum atomic E-state index is 9.26. The number of nitrogens with zero attached hydrogens (tertiary/aromatic N) is 2. The summed E-state index contributed by atoms with van der Waals surface area (Å²) in [4.78, 5) is 4.27. The molecule has 2 atom stereocenters. The van der Waals surface area contributed by atoms with Crippen molar-refractivity contribution < 1.29 is 0 Å². The van der Waals surface area contributed by atoms with Crippen molar-refractivity contribution in [3.63, 3.8) is 0 Å². The van der Waals surface area contributed by atoms with Gasteiger partial charge in [-0.05, 0) is 25.2 Å². The predicted octanol–water partition coefficient (Wildman–Crippen LogP) is 3.02. The lowest BCUT2D eigenvalue weighted by Gasteiger charge is -2.18. The van der Waals surface area contributed by atoms with Crippen LogP contribution in [0.1, 0.15) is 31.9 Å². The molecule has 0 N–H and O–H groups in total.